The molecule has 0 aromatic carbocycles. The van der Waals surface area contributed by atoms with Crippen LogP contribution in [0.4, 0.5) is 0 Å². The van der Waals surface area contributed by atoms with Gasteiger partial charge >= 0.3 is 5.97 Å². The Hall–Kier alpha value is -1.13. The second kappa shape index (κ2) is 5.09. The van der Waals surface area contributed by atoms with Crippen molar-refractivity contribution < 1.29 is 14.3 Å². The highest BCUT2D eigenvalue weighted by molar-refractivity contribution is 5.85. The van der Waals surface area contributed by atoms with Gasteiger partial charge in [-0.25, -0.2) is 4.79 Å². The minimum atomic E-state index is -1.19. The standard InChI is InChI=1S/C11H17NO3/c1-3-14-9-7-5-6-8-11(9,12)10(13)15-4-2/h5-9H,3-4,12H2,1-2H3. The monoisotopic (exact) mass is 211 g/mol. The summed E-state index contributed by atoms with van der Waals surface area (Å²) in [5, 5.41) is 0. The Bertz CT molecular complexity index is 286. The third-order valence-corrected chi connectivity index (χ3v) is 2.22. The molecule has 0 radical (unpaired) electrons. The Kier molecular flexibility index (Phi) is 4.05. The van der Waals surface area contributed by atoms with Crippen LogP contribution in [0.2, 0.25) is 0 Å². The molecule has 2 N–H and O–H groups in total. The number of carbonyl (C=O) groups is 1. The maximum atomic E-state index is 11.7. The molecule has 0 bridgehead atoms. The molecule has 4 nitrogen and oxygen atoms in total. The minimum Gasteiger partial charge on any atom is -0.464 e. The van der Waals surface area contributed by atoms with Crippen molar-refractivity contribution in [2.75, 3.05) is 13.2 Å². The number of esters is 1. The van der Waals surface area contributed by atoms with E-state index in [1.165, 1.54) is 0 Å². The molecule has 0 aromatic heterocycles. The Balaban J connectivity index is 2.82. The highest BCUT2D eigenvalue weighted by atomic mass is 16.5. The molecule has 1 rings (SSSR count). The molecule has 0 aromatic rings. The van der Waals surface area contributed by atoms with E-state index in [-0.39, 0.29) is 0 Å². The van der Waals surface area contributed by atoms with E-state index >= 15 is 0 Å². The fourth-order valence-electron chi connectivity index (χ4n) is 1.45. The van der Waals surface area contributed by atoms with Crippen molar-refractivity contribution in [3.63, 3.8) is 0 Å². The summed E-state index contributed by atoms with van der Waals surface area (Å²) in [6.45, 7) is 4.42. The third kappa shape index (κ3) is 2.46. The Morgan fingerprint density at radius 1 is 1.40 bits per heavy atom. The molecule has 0 aliphatic heterocycles. The number of rotatable bonds is 4. The number of allylic oxidation sites excluding steroid dienone is 2. The van der Waals surface area contributed by atoms with E-state index in [2.05, 4.69) is 0 Å². The van der Waals surface area contributed by atoms with Crippen LogP contribution in [0.1, 0.15) is 13.8 Å². The zero-order valence-corrected chi connectivity index (χ0v) is 9.10. The van der Waals surface area contributed by atoms with Crippen molar-refractivity contribution in [3.05, 3.63) is 24.3 Å². The average molecular weight is 211 g/mol. The van der Waals surface area contributed by atoms with Gasteiger partial charge in [0.15, 0.2) is 5.54 Å². The molecule has 0 amide bonds. The fraction of sp³-hybridized carbons (Fsp3) is 0.545. The molecule has 15 heavy (non-hydrogen) atoms. The summed E-state index contributed by atoms with van der Waals surface area (Å²) >= 11 is 0. The van der Waals surface area contributed by atoms with Crippen LogP contribution < -0.4 is 5.73 Å². The molecule has 1 aliphatic carbocycles. The molecule has 0 heterocycles. The summed E-state index contributed by atoms with van der Waals surface area (Å²) in [5.41, 5.74) is 4.79. The first-order valence-corrected chi connectivity index (χ1v) is 5.08. The Morgan fingerprint density at radius 2 is 2.13 bits per heavy atom. The van der Waals surface area contributed by atoms with Gasteiger partial charge in [0.05, 0.1) is 6.61 Å². The van der Waals surface area contributed by atoms with Gasteiger partial charge in [-0.3, -0.25) is 0 Å². The van der Waals surface area contributed by atoms with Crippen molar-refractivity contribution >= 4 is 5.97 Å². The molecular formula is C11H17NO3. The number of hydrogen-bond acceptors (Lipinski definition) is 4. The third-order valence-electron chi connectivity index (χ3n) is 2.22. The highest BCUT2D eigenvalue weighted by Crippen LogP contribution is 2.20. The molecule has 1 aliphatic rings. The van der Waals surface area contributed by atoms with E-state index in [1.54, 1.807) is 25.2 Å². The van der Waals surface area contributed by atoms with E-state index in [1.807, 2.05) is 13.0 Å². The first kappa shape index (κ1) is 11.9. The number of hydrogen-bond donors (Lipinski definition) is 1. The van der Waals surface area contributed by atoms with E-state index in [9.17, 15) is 4.79 Å². The Labute approximate surface area is 89.7 Å². The molecule has 0 fully saturated rings. The molecule has 4 heteroatoms. The zero-order valence-electron chi connectivity index (χ0n) is 9.10. The minimum absolute atomic E-state index is 0.314. The summed E-state index contributed by atoms with van der Waals surface area (Å²) in [6, 6.07) is 0. The second-order valence-corrected chi connectivity index (χ2v) is 3.27. The first-order valence-electron chi connectivity index (χ1n) is 5.08. The predicted molar refractivity (Wildman–Crippen MR) is 57.2 cm³/mol. The van der Waals surface area contributed by atoms with Crippen molar-refractivity contribution in [1.82, 2.24) is 0 Å². The quantitative estimate of drug-likeness (QED) is 0.698. The van der Waals surface area contributed by atoms with Crippen LogP contribution in [0.15, 0.2) is 24.3 Å². The Morgan fingerprint density at radius 3 is 2.73 bits per heavy atom. The maximum absolute atomic E-state index is 11.7. The van der Waals surface area contributed by atoms with Gasteiger partial charge in [-0.2, -0.15) is 0 Å². The highest BCUT2D eigenvalue weighted by Gasteiger charge is 2.41. The van der Waals surface area contributed by atoms with Crippen LogP contribution in [-0.4, -0.2) is 30.8 Å². The van der Waals surface area contributed by atoms with E-state index in [0.29, 0.717) is 13.2 Å². The topological polar surface area (TPSA) is 61.5 Å². The summed E-state index contributed by atoms with van der Waals surface area (Å²) in [5.74, 6) is -0.455. The lowest BCUT2D eigenvalue weighted by molar-refractivity contribution is -0.151. The van der Waals surface area contributed by atoms with Crippen molar-refractivity contribution in [2.24, 2.45) is 5.73 Å². The van der Waals surface area contributed by atoms with Gasteiger partial charge in [0, 0.05) is 6.61 Å². The smallest absolute Gasteiger partial charge is 0.333 e. The molecule has 0 spiro atoms. The maximum Gasteiger partial charge on any atom is 0.333 e. The van der Waals surface area contributed by atoms with E-state index < -0.39 is 17.6 Å². The van der Waals surface area contributed by atoms with Gasteiger partial charge in [-0.1, -0.05) is 24.3 Å². The normalized spacial score (nSPS) is 29.1. The molecule has 2 unspecified atom stereocenters. The second-order valence-electron chi connectivity index (χ2n) is 3.27. The van der Waals surface area contributed by atoms with Gasteiger partial charge in [0.25, 0.3) is 0 Å². The summed E-state index contributed by atoms with van der Waals surface area (Å²) < 4.78 is 10.3. The van der Waals surface area contributed by atoms with Crippen molar-refractivity contribution in [2.45, 2.75) is 25.5 Å². The van der Waals surface area contributed by atoms with Gasteiger partial charge in [-0.05, 0) is 13.8 Å². The van der Waals surface area contributed by atoms with E-state index in [4.69, 9.17) is 15.2 Å². The van der Waals surface area contributed by atoms with E-state index in [0.717, 1.165) is 0 Å². The average Bonchev–Trinajstić information content (AvgIpc) is 2.22. The largest absolute Gasteiger partial charge is 0.464 e. The van der Waals surface area contributed by atoms with Crippen molar-refractivity contribution in [3.8, 4) is 0 Å². The lowest BCUT2D eigenvalue weighted by Gasteiger charge is -2.31. The van der Waals surface area contributed by atoms with Crippen LogP contribution in [0.25, 0.3) is 0 Å². The molecule has 84 valence electrons. The number of ether oxygens (including phenoxy) is 2. The van der Waals surface area contributed by atoms with Gasteiger partial charge in [0.1, 0.15) is 6.10 Å². The van der Waals surface area contributed by atoms with Crippen LogP contribution in [-0.2, 0) is 14.3 Å². The summed E-state index contributed by atoms with van der Waals surface area (Å²) in [7, 11) is 0. The van der Waals surface area contributed by atoms with Crippen molar-refractivity contribution in [1.29, 1.82) is 0 Å². The molecule has 0 saturated heterocycles. The van der Waals surface area contributed by atoms with Gasteiger partial charge in [0.2, 0.25) is 0 Å². The lowest BCUT2D eigenvalue weighted by Crippen LogP contribution is -2.57. The van der Waals surface area contributed by atoms with Gasteiger partial charge in [-0.15, -0.1) is 0 Å². The lowest BCUT2D eigenvalue weighted by atomic mass is 9.89. The van der Waals surface area contributed by atoms with Gasteiger partial charge < -0.3 is 15.2 Å². The van der Waals surface area contributed by atoms with Crippen LogP contribution in [0, 0.1) is 0 Å². The van der Waals surface area contributed by atoms with Crippen LogP contribution in [0.3, 0.4) is 0 Å². The fourth-order valence-corrected chi connectivity index (χ4v) is 1.45. The molecular weight excluding hydrogens is 194 g/mol. The molecule has 0 saturated carbocycles. The SMILES string of the molecule is CCOC(=O)C1(N)C=CC=CC1OCC. The number of carbonyl (C=O) groups excluding carboxylic acids is 1. The first-order chi connectivity index (χ1) is 7.15. The molecule has 2 atom stereocenters. The summed E-state index contributed by atoms with van der Waals surface area (Å²) in [4.78, 5) is 11.7. The predicted octanol–water partition coefficient (Wildman–Crippen LogP) is 0.778. The zero-order chi connectivity index (χ0) is 11.3. The van der Waals surface area contributed by atoms with Crippen LogP contribution in [0.5, 0.6) is 0 Å². The summed E-state index contributed by atoms with van der Waals surface area (Å²) in [6.07, 6.45) is 6.47. The van der Waals surface area contributed by atoms with Crippen LogP contribution >= 0.6 is 0 Å². The number of nitrogens with two attached hydrogens (primary N) is 1.